The number of nitrogen functional groups attached to an aromatic ring is 1. The monoisotopic (exact) mass is 174 g/mol. The maximum absolute atomic E-state index is 5.79. The normalized spacial score (nSPS) is 9.69. The molecule has 13 heavy (non-hydrogen) atoms. The van der Waals surface area contributed by atoms with Gasteiger partial charge in [0, 0.05) is 17.8 Å². The molecule has 1 aromatic rings. The van der Waals surface area contributed by atoms with Gasteiger partial charge in [-0.3, -0.25) is 0 Å². The van der Waals surface area contributed by atoms with Crippen molar-refractivity contribution in [3.63, 3.8) is 0 Å². The van der Waals surface area contributed by atoms with Gasteiger partial charge in [-0.15, -0.1) is 6.42 Å². The van der Waals surface area contributed by atoms with E-state index in [4.69, 9.17) is 17.9 Å². The molecule has 0 radical (unpaired) electrons. The van der Waals surface area contributed by atoms with Gasteiger partial charge in [-0.25, -0.2) is 0 Å². The Balaban J connectivity index is 3.50. The molecule has 0 spiro atoms. The molecule has 68 valence electrons. The molecule has 0 bridgehead atoms. The molecule has 1 aromatic carbocycles. The summed E-state index contributed by atoms with van der Waals surface area (Å²) in [6.45, 7) is 4.38. The van der Waals surface area contributed by atoms with Gasteiger partial charge in [-0.1, -0.05) is 5.92 Å². The van der Waals surface area contributed by atoms with E-state index >= 15 is 0 Å². The Morgan fingerprint density at radius 3 is 2.46 bits per heavy atom. The summed E-state index contributed by atoms with van der Waals surface area (Å²) in [5, 5.41) is 0. The number of benzene rings is 1. The van der Waals surface area contributed by atoms with Crippen LogP contribution in [0.25, 0.3) is 0 Å². The van der Waals surface area contributed by atoms with E-state index in [-0.39, 0.29) is 0 Å². The minimum atomic E-state index is 0.477. The second kappa shape index (κ2) is 3.51. The highest BCUT2D eigenvalue weighted by Crippen LogP contribution is 2.22. The standard InChI is InChI=1S/C11H14N2/c1-4-10-7(2)9(6-12)5-11(13)8(10)3/h1,5H,6,12-13H2,2-3H3. The molecule has 0 aliphatic heterocycles. The van der Waals surface area contributed by atoms with E-state index in [9.17, 15) is 0 Å². The number of nitrogens with two attached hydrogens (primary N) is 2. The van der Waals surface area contributed by atoms with E-state index in [1.54, 1.807) is 0 Å². The van der Waals surface area contributed by atoms with Gasteiger partial charge in [0.2, 0.25) is 0 Å². The molecule has 0 heterocycles. The van der Waals surface area contributed by atoms with Crippen molar-refractivity contribution >= 4 is 5.69 Å². The largest absolute Gasteiger partial charge is 0.398 e. The lowest BCUT2D eigenvalue weighted by molar-refractivity contribution is 1.04. The molecular formula is C11H14N2. The smallest absolute Gasteiger partial charge is 0.0359 e. The Morgan fingerprint density at radius 1 is 1.38 bits per heavy atom. The molecule has 2 nitrogen and oxygen atoms in total. The van der Waals surface area contributed by atoms with Gasteiger partial charge in [-0.05, 0) is 36.6 Å². The minimum absolute atomic E-state index is 0.477. The highest BCUT2D eigenvalue weighted by molar-refractivity contribution is 5.61. The zero-order chi connectivity index (χ0) is 10.0. The highest BCUT2D eigenvalue weighted by Gasteiger charge is 2.07. The summed E-state index contributed by atoms with van der Waals surface area (Å²) in [6.07, 6.45) is 5.40. The van der Waals surface area contributed by atoms with Crippen molar-refractivity contribution in [2.45, 2.75) is 20.4 Å². The Hall–Kier alpha value is -1.46. The fraction of sp³-hybridized carbons (Fsp3) is 0.273. The lowest BCUT2D eigenvalue weighted by Gasteiger charge is -2.11. The lowest BCUT2D eigenvalue weighted by Crippen LogP contribution is -2.05. The van der Waals surface area contributed by atoms with E-state index in [2.05, 4.69) is 5.92 Å². The fourth-order valence-corrected chi connectivity index (χ4v) is 1.42. The molecule has 0 aliphatic rings. The summed E-state index contributed by atoms with van der Waals surface area (Å²) in [6, 6.07) is 1.89. The maximum Gasteiger partial charge on any atom is 0.0359 e. The van der Waals surface area contributed by atoms with Gasteiger partial charge in [0.25, 0.3) is 0 Å². The van der Waals surface area contributed by atoms with E-state index in [1.807, 2.05) is 19.9 Å². The topological polar surface area (TPSA) is 52.0 Å². The molecule has 2 heteroatoms. The average molecular weight is 174 g/mol. The first-order valence-electron chi connectivity index (χ1n) is 4.17. The molecule has 0 aromatic heterocycles. The van der Waals surface area contributed by atoms with Crippen LogP contribution in [0.1, 0.15) is 22.3 Å². The van der Waals surface area contributed by atoms with Gasteiger partial charge in [0.1, 0.15) is 0 Å². The zero-order valence-corrected chi connectivity index (χ0v) is 8.02. The van der Waals surface area contributed by atoms with E-state index in [0.717, 1.165) is 27.9 Å². The first-order valence-corrected chi connectivity index (χ1v) is 4.17. The first kappa shape index (κ1) is 9.63. The molecule has 0 fully saturated rings. The van der Waals surface area contributed by atoms with Crippen molar-refractivity contribution < 1.29 is 0 Å². The van der Waals surface area contributed by atoms with Gasteiger partial charge >= 0.3 is 0 Å². The second-order valence-electron chi connectivity index (χ2n) is 3.10. The number of hydrogen-bond donors (Lipinski definition) is 2. The Labute approximate surface area is 78.9 Å². The molecule has 0 unspecified atom stereocenters. The summed E-state index contributed by atoms with van der Waals surface area (Å²) in [5.74, 6) is 2.64. The minimum Gasteiger partial charge on any atom is -0.398 e. The SMILES string of the molecule is C#Cc1c(C)c(N)cc(CN)c1C. The van der Waals surface area contributed by atoms with Crippen molar-refractivity contribution in [1.82, 2.24) is 0 Å². The summed E-state index contributed by atoms with van der Waals surface area (Å²) in [5.41, 5.74) is 16.0. The molecule has 0 atom stereocenters. The molecule has 0 saturated heterocycles. The number of terminal acetylenes is 1. The van der Waals surface area contributed by atoms with Crippen LogP contribution in [0.5, 0.6) is 0 Å². The third-order valence-corrected chi connectivity index (χ3v) is 2.36. The third-order valence-electron chi connectivity index (χ3n) is 2.36. The highest BCUT2D eigenvalue weighted by atomic mass is 14.6. The van der Waals surface area contributed by atoms with E-state index in [0.29, 0.717) is 6.54 Å². The fourth-order valence-electron chi connectivity index (χ4n) is 1.42. The van der Waals surface area contributed by atoms with Crippen LogP contribution in [0.2, 0.25) is 0 Å². The first-order chi connectivity index (χ1) is 6.11. The molecule has 1 rings (SSSR count). The van der Waals surface area contributed by atoms with Crippen molar-refractivity contribution in [3.8, 4) is 12.3 Å². The van der Waals surface area contributed by atoms with Crippen LogP contribution in [-0.4, -0.2) is 0 Å². The van der Waals surface area contributed by atoms with E-state index < -0.39 is 0 Å². The van der Waals surface area contributed by atoms with Gasteiger partial charge < -0.3 is 11.5 Å². The van der Waals surface area contributed by atoms with Gasteiger partial charge in [-0.2, -0.15) is 0 Å². The zero-order valence-electron chi connectivity index (χ0n) is 8.02. The van der Waals surface area contributed by atoms with Crippen LogP contribution in [-0.2, 0) is 6.54 Å². The quantitative estimate of drug-likeness (QED) is 0.498. The molecule has 0 aliphatic carbocycles. The summed E-state index contributed by atoms with van der Waals surface area (Å²) >= 11 is 0. The van der Waals surface area contributed by atoms with Crippen LogP contribution in [0.4, 0.5) is 5.69 Å². The van der Waals surface area contributed by atoms with Gasteiger partial charge in [0.15, 0.2) is 0 Å². The predicted molar refractivity (Wildman–Crippen MR) is 56.2 cm³/mol. The van der Waals surface area contributed by atoms with Gasteiger partial charge in [0.05, 0.1) is 0 Å². The Kier molecular flexibility index (Phi) is 2.60. The summed E-state index contributed by atoms with van der Waals surface area (Å²) in [4.78, 5) is 0. The molecular weight excluding hydrogens is 160 g/mol. The number of anilines is 1. The van der Waals surface area contributed by atoms with Crippen LogP contribution < -0.4 is 11.5 Å². The number of rotatable bonds is 1. The maximum atomic E-state index is 5.79. The van der Waals surface area contributed by atoms with Crippen LogP contribution in [0, 0.1) is 26.2 Å². The van der Waals surface area contributed by atoms with Crippen LogP contribution >= 0.6 is 0 Å². The van der Waals surface area contributed by atoms with Crippen molar-refractivity contribution in [3.05, 3.63) is 28.3 Å². The Bertz CT molecular complexity index is 373. The van der Waals surface area contributed by atoms with Crippen molar-refractivity contribution in [1.29, 1.82) is 0 Å². The van der Waals surface area contributed by atoms with Crippen molar-refractivity contribution in [2.75, 3.05) is 5.73 Å². The average Bonchev–Trinajstić information content (AvgIpc) is 2.12. The number of hydrogen-bond acceptors (Lipinski definition) is 2. The van der Waals surface area contributed by atoms with Crippen molar-refractivity contribution in [2.24, 2.45) is 5.73 Å². The Morgan fingerprint density at radius 2 is 2.00 bits per heavy atom. The third kappa shape index (κ3) is 1.51. The lowest BCUT2D eigenvalue weighted by atomic mass is 9.96. The van der Waals surface area contributed by atoms with Crippen LogP contribution in [0.3, 0.4) is 0 Å². The van der Waals surface area contributed by atoms with Crippen LogP contribution in [0.15, 0.2) is 6.07 Å². The molecule has 0 saturated carbocycles. The van der Waals surface area contributed by atoms with E-state index in [1.165, 1.54) is 0 Å². The summed E-state index contributed by atoms with van der Waals surface area (Å²) in [7, 11) is 0. The molecule has 0 amide bonds. The predicted octanol–water partition coefficient (Wildman–Crippen LogP) is 1.33. The molecule has 4 N–H and O–H groups in total. The second-order valence-corrected chi connectivity index (χ2v) is 3.10. The summed E-state index contributed by atoms with van der Waals surface area (Å²) < 4.78 is 0.